The van der Waals surface area contributed by atoms with E-state index in [1.165, 1.54) is 0 Å². The Labute approximate surface area is 143 Å². The van der Waals surface area contributed by atoms with Gasteiger partial charge in [-0.25, -0.2) is 0 Å². The number of rotatable bonds is 4. The van der Waals surface area contributed by atoms with Crippen LogP contribution in [0.5, 0.6) is 0 Å². The van der Waals surface area contributed by atoms with E-state index < -0.39 is 7.12 Å². The summed E-state index contributed by atoms with van der Waals surface area (Å²) in [6.07, 6.45) is 3.59. The van der Waals surface area contributed by atoms with E-state index in [1.54, 1.807) is 24.5 Å². The number of hydrogen-bond donors (Lipinski definition) is 0. The van der Waals surface area contributed by atoms with Crippen molar-refractivity contribution < 1.29 is 14.1 Å². The lowest BCUT2D eigenvalue weighted by Gasteiger charge is -2.32. The number of ketones is 1. The number of carbonyl (C=O) groups excluding carboxylic acids is 1. The van der Waals surface area contributed by atoms with Gasteiger partial charge in [0.1, 0.15) is 0 Å². The van der Waals surface area contributed by atoms with Crippen LogP contribution in [0.25, 0.3) is 0 Å². The molecule has 24 heavy (non-hydrogen) atoms. The summed E-state index contributed by atoms with van der Waals surface area (Å²) in [7, 11) is -0.413. The molecule has 3 rings (SSSR count). The molecule has 2 heterocycles. The summed E-state index contributed by atoms with van der Waals surface area (Å²) in [5.41, 5.74) is 1.75. The molecule has 1 fully saturated rings. The molecule has 124 valence electrons. The first-order valence-electron chi connectivity index (χ1n) is 8.16. The third-order valence-electron chi connectivity index (χ3n) is 4.82. The van der Waals surface area contributed by atoms with E-state index in [2.05, 4.69) is 4.98 Å². The van der Waals surface area contributed by atoms with E-state index in [-0.39, 0.29) is 17.0 Å². The largest absolute Gasteiger partial charge is 0.494 e. The lowest BCUT2D eigenvalue weighted by Crippen LogP contribution is -2.41. The molecule has 0 saturated carbocycles. The maximum atomic E-state index is 12.4. The number of Topliss-reactive ketones (excluding diaryl/α,β-unsaturated/α-hetero) is 1. The second-order valence-electron chi connectivity index (χ2n) is 7.17. The minimum Gasteiger partial charge on any atom is -0.399 e. The van der Waals surface area contributed by atoms with Crippen molar-refractivity contribution in [3.63, 3.8) is 0 Å². The Hall–Kier alpha value is -1.98. The Bertz CT molecular complexity index is 727. The molecule has 1 aliphatic heterocycles. The molecule has 0 amide bonds. The Balaban J connectivity index is 1.77. The van der Waals surface area contributed by atoms with Crippen LogP contribution in [0.1, 0.15) is 43.6 Å². The first-order chi connectivity index (χ1) is 11.3. The number of pyridine rings is 1. The molecular formula is C19H22BNO3. The fourth-order valence-corrected chi connectivity index (χ4v) is 2.64. The molecule has 4 nitrogen and oxygen atoms in total. The Morgan fingerprint density at radius 1 is 1.08 bits per heavy atom. The average Bonchev–Trinajstić information content (AvgIpc) is 2.76. The maximum Gasteiger partial charge on any atom is 0.494 e. The number of aromatic nitrogens is 1. The van der Waals surface area contributed by atoms with E-state index >= 15 is 0 Å². The first kappa shape index (κ1) is 16.9. The van der Waals surface area contributed by atoms with Crippen LogP contribution in [0.3, 0.4) is 0 Å². The molecule has 1 aliphatic rings. The Kier molecular flexibility index (Phi) is 4.32. The van der Waals surface area contributed by atoms with E-state index in [0.29, 0.717) is 12.0 Å². The molecule has 0 aliphatic carbocycles. The minimum absolute atomic E-state index is 0.0502. The van der Waals surface area contributed by atoms with Gasteiger partial charge in [0.25, 0.3) is 0 Å². The highest BCUT2D eigenvalue weighted by Crippen LogP contribution is 2.36. The van der Waals surface area contributed by atoms with Crippen LogP contribution < -0.4 is 5.46 Å². The molecular weight excluding hydrogens is 301 g/mol. The van der Waals surface area contributed by atoms with E-state index in [0.717, 1.165) is 11.0 Å². The molecule has 0 bridgehead atoms. The van der Waals surface area contributed by atoms with Gasteiger partial charge in [0.05, 0.1) is 11.2 Å². The summed E-state index contributed by atoms with van der Waals surface area (Å²) < 4.78 is 12.2. The normalized spacial score (nSPS) is 18.6. The van der Waals surface area contributed by atoms with E-state index in [1.807, 2.05) is 52.0 Å². The van der Waals surface area contributed by atoms with Crippen molar-refractivity contribution in [2.75, 3.05) is 0 Å². The number of nitrogens with zero attached hydrogens (tertiary/aromatic N) is 1. The molecule has 0 unspecified atom stereocenters. The van der Waals surface area contributed by atoms with Crippen molar-refractivity contribution in [2.45, 2.75) is 45.3 Å². The van der Waals surface area contributed by atoms with Crippen molar-refractivity contribution in [1.29, 1.82) is 0 Å². The fraction of sp³-hybridized carbons (Fsp3) is 0.368. The average molecular weight is 323 g/mol. The molecule has 0 atom stereocenters. The summed E-state index contributed by atoms with van der Waals surface area (Å²) in [5, 5.41) is 0. The zero-order valence-corrected chi connectivity index (χ0v) is 14.6. The van der Waals surface area contributed by atoms with Crippen LogP contribution in [0.4, 0.5) is 0 Å². The third kappa shape index (κ3) is 3.28. The number of hydrogen-bond acceptors (Lipinski definition) is 4. The van der Waals surface area contributed by atoms with E-state index in [9.17, 15) is 4.79 Å². The van der Waals surface area contributed by atoms with Gasteiger partial charge in [0.2, 0.25) is 0 Å². The molecule has 1 aromatic heterocycles. The van der Waals surface area contributed by atoms with Crippen LogP contribution in [0.2, 0.25) is 0 Å². The van der Waals surface area contributed by atoms with Crippen molar-refractivity contribution in [1.82, 2.24) is 4.98 Å². The van der Waals surface area contributed by atoms with Gasteiger partial charge in [-0.2, -0.15) is 0 Å². The molecule has 1 saturated heterocycles. The predicted molar refractivity (Wildman–Crippen MR) is 94.4 cm³/mol. The third-order valence-corrected chi connectivity index (χ3v) is 4.82. The topological polar surface area (TPSA) is 48.4 Å². The lowest BCUT2D eigenvalue weighted by molar-refractivity contribution is 0.00578. The van der Waals surface area contributed by atoms with Crippen LogP contribution in [-0.2, 0) is 15.7 Å². The van der Waals surface area contributed by atoms with Crippen molar-refractivity contribution in [3.8, 4) is 0 Å². The number of carbonyl (C=O) groups is 1. The second-order valence-corrected chi connectivity index (χ2v) is 7.17. The number of benzene rings is 1. The van der Waals surface area contributed by atoms with Crippen LogP contribution in [-0.4, -0.2) is 29.1 Å². The fourth-order valence-electron chi connectivity index (χ4n) is 2.64. The monoisotopic (exact) mass is 323 g/mol. The molecule has 2 aromatic rings. The van der Waals surface area contributed by atoms with E-state index in [4.69, 9.17) is 9.31 Å². The van der Waals surface area contributed by atoms with Crippen molar-refractivity contribution in [2.24, 2.45) is 0 Å². The zero-order chi connectivity index (χ0) is 17.4. The molecule has 1 aromatic carbocycles. The standard InChI is InChI=1S/C19H22BNO3/c1-18(2)19(3,4)24-20(23-18)16-9-5-7-14(11-16)12-17(22)15-8-6-10-21-13-15/h5-11,13H,12H2,1-4H3. The molecule has 0 spiro atoms. The molecule has 0 N–H and O–H groups in total. The van der Waals surface area contributed by atoms with Gasteiger partial charge >= 0.3 is 7.12 Å². The zero-order valence-electron chi connectivity index (χ0n) is 14.6. The molecule has 0 radical (unpaired) electrons. The minimum atomic E-state index is -0.413. The van der Waals surface area contributed by atoms with Crippen LogP contribution >= 0.6 is 0 Å². The van der Waals surface area contributed by atoms with Gasteiger partial charge in [-0.1, -0.05) is 24.3 Å². The second kappa shape index (κ2) is 6.15. The Morgan fingerprint density at radius 3 is 2.42 bits per heavy atom. The Morgan fingerprint density at radius 2 is 1.79 bits per heavy atom. The smallest absolute Gasteiger partial charge is 0.399 e. The molecule has 5 heteroatoms. The summed E-state index contributed by atoms with van der Waals surface area (Å²) in [6, 6.07) is 11.4. The lowest BCUT2D eigenvalue weighted by atomic mass is 9.78. The van der Waals surface area contributed by atoms with Gasteiger partial charge in [0.15, 0.2) is 5.78 Å². The van der Waals surface area contributed by atoms with Crippen LogP contribution in [0.15, 0.2) is 48.8 Å². The summed E-state index contributed by atoms with van der Waals surface area (Å²) in [6.45, 7) is 8.12. The van der Waals surface area contributed by atoms with Crippen molar-refractivity contribution in [3.05, 3.63) is 59.9 Å². The summed E-state index contributed by atoms with van der Waals surface area (Å²) >= 11 is 0. The highest BCUT2D eigenvalue weighted by Gasteiger charge is 2.51. The van der Waals surface area contributed by atoms with Crippen LogP contribution in [0, 0.1) is 0 Å². The van der Waals surface area contributed by atoms with Gasteiger partial charge in [-0.15, -0.1) is 0 Å². The first-order valence-corrected chi connectivity index (χ1v) is 8.16. The maximum absolute atomic E-state index is 12.4. The summed E-state index contributed by atoms with van der Waals surface area (Å²) in [4.78, 5) is 16.3. The predicted octanol–water partition coefficient (Wildman–Crippen LogP) is 2.81. The summed E-state index contributed by atoms with van der Waals surface area (Å²) in [5.74, 6) is 0.0502. The highest BCUT2D eigenvalue weighted by molar-refractivity contribution is 6.62. The quantitative estimate of drug-likeness (QED) is 0.641. The van der Waals surface area contributed by atoms with Crippen molar-refractivity contribution >= 4 is 18.4 Å². The van der Waals surface area contributed by atoms with Gasteiger partial charge in [-0.3, -0.25) is 9.78 Å². The van der Waals surface area contributed by atoms with Gasteiger partial charge < -0.3 is 9.31 Å². The highest BCUT2D eigenvalue weighted by atomic mass is 16.7. The van der Waals surface area contributed by atoms with Gasteiger partial charge in [-0.05, 0) is 50.9 Å². The SMILES string of the molecule is CC1(C)OB(c2cccc(CC(=O)c3cccnc3)c2)OC1(C)C. The van der Waals surface area contributed by atoms with Gasteiger partial charge in [0, 0.05) is 24.4 Å².